The fraction of sp³-hybridized carbons (Fsp3) is 0.467. The molecule has 0 atom stereocenters. The van der Waals surface area contributed by atoms with Crippen molar-refractivity contribution in [2.75, 3.05) is 25.1 Å². The van der Waals surface area contributed by atoms with Crippen molar-refractivity contribution in [1.29, 1.82) is 0 Å². The van der Waals surface area contributed by atoms with E-state index < -0.39 is 0 Å². The van der Waals surface area contributed by atoms with Crippen LogP contribution in [-0.4, -0.2) is 40.6 Å². The third-order valence-corrected chi connectivity index (χ3v) is 3.90. The molecule has 0 spiro atoms. The summed E-state index contributed by atoms with van der Waals surface area (Å²) in [6.07, 6.45) is 1.98. The Balaban J connectivity index is 2.01. The molecule has 120 valence electrons. The number of hydrogen-bond acceptors (Lipinski definition) is 5. The van der Waals surface area contributed by atoms with E-state index >= 15 is 0 Å². The van der Waals surface area contributed by atoms with Crippen molar-refractivity contribution in [2.24, 2.45) is 0 Å². The average Bonchev–Trinajstić information content (AvgIpc) is 3.14. The monoisotopic (exact) mass is 323 g/mol. The van der Waals surface area contributed by atoms with Crippen LogP contribution in [0.15, 0.2) is 23.6 Å². The van der Waals surface area contributed by atoms with E-state index in [4.69, 9.17) is 9.84 Å². The van der Waals surface area contributed by atoms with Crippen molar-refractivity contribution < 1.29 is 14.6 Å². The minimum atomic E-state index is -0.215. The molecule has 0 aliphatic heterocycles. The number of nitrogens with one attached hydrogen (secondary N) is 1. The molecule has 2 heterocycles. The van der Waals surface area contributed by atoms with Crippen LogP contribution in [-0.2, 0) is 16.1 Å². The van der Waals surface area contributed by atoms with Gasteiger partial charge in [0.1, 0.15) is 18.1 Å². The second-order valence-electron chi connectivity index (χ2n) is 4.79. The van der Waals surface area contributed by atoms with Crippen molar-refractivity contribution in [1.82, 2.24) is 9.78 Å². The Labute approximate surface area is 133 Å². The molecular formula is C15H21N3O3S. The maximum Gasteiger partial charge on any atom is 0.251 e. The Morgan fingerprint density at radius 3 is 3.09 bits per heavy atom. The van der Waals surface area contributed by atoms with E-state index in [1.54, 1.807) is 16.0 Å². The molecule has 2 aromatic rings. The molecule has 2 aromatic heterocycles. The quantitative estimate of drug-likeness (QED) is 0.695. The Kier molecular flexibility index (Phi) is 6.57. The second kappa shape index (κ2) is 8.67. The minimum absolute atomic E-state index is 0.0264. The summed E-state index contributed by atoms with van der Waals surface area (Å²) in [7, 11) is 0. The van der Waals surface area contributed by atoms with Crippen molar-refractivity contribution >= 4 is 23.1 Å². The molecule has 6 nitrogen and oxygen atoms in total. The van der Waals surface area contributed by atoms with Gasteiger partial charge in [-0.3, -0.25) is 4.79 Å². The zero-order valence-corrected chi connectivity index (χ0v) is 13.4. The van der Waals surface area contributed by atoms with E-state index in [-0.39, 0.29) is 19.1 Å². The summed E-state index contributed by atoms with van der Waals surface area (Å²) in [6.45, 7) is 2.97. The van der Waals surface area contributed by atoms with Crippen LogP contribution in [0.1, 0.15) is 19.8 Å². The highest BCUT2D eigenvalue weighted by Crippen LogP contribution is 2.26. The molecule has 0 bridgehead atoms. The zero-order valence-electron chi connectivity index (χ0n) is 12.6. The minimum Gasteiger partial charge on any atom is -0.394 e. The predicted molar refractivity (Wildman–Crippen MR) is 87.0 cm³/mol. The van der Waals surface area contributed by atoms with Gasteiger partial charge in [-0.15, -0.1) is 11.3 Å². The topological polar surface area (TPSA) is 76.4 Å². The lowest BCUT2D eigenvalue weighted by Crippen LogP contribution is -2.21. The van der Waals surface area contributed by atoms with Gasteiger partial charge in [0.2, 0.25) is 0 Å². The summed E-state index contributed by atoms with van der Waals surface area (Å²) in [5, 5.41) is 18.3. The van der Waals surface area contributed by atoms with Gasteiger partial charge in [-0.25, -0.2) is 4.68 Å². The number of ether oxygens (including phenoxy) is 1. The smallest absolute Gasteiger partial charge is 0.251 e. The average molecular weight is 323 g/mol. The Morgan fingerprint density at radius 1 is 1.55 bits per heavy atom. The Hall–Kier alpha value is -1.70. The number of rotatable bonds is 9. The maximum absolute atomic E-state index is 11.9. The van der Waals surface area contributed by atoms with Crippen molar-refractivity contribution in [3.8, 4) is 10.6 Å². The Bertz CT molecular complexity index is 581. The largest absolute Gasteiger partial charge is 0.394 e. The van der Waals surface area contributed by atoms with Gasteiger partial charge in [0.15, 0.2) is 0 Å². The molecule has 0 aliphatic rings. The third-order valence-electron chi connectivity index (χ3n) is 3.01. The number of anilines is 1. The lowest BCUT2D eigenvalue weighted by molar-refractivity contribution is -0.120. The number of amides is 1. The number of aliphatic hydroxyl groups excluding tert-OH is 1. The van der Waals surface area contributed by atoms with Gasteiger partial charge in [-0.05, 0) is 17.9 Å². The number of hydrogen-bond donors (Lipinski definition) is 2. The molecule has 7 heteroatoms. The Morgan fingerprint density at radius 2 is 2.41 bits per heavy atom. The van der Waals surface area contributed by atoms with Crippen molar-refractivity contribution in [2.45, 2.75) is 26.3 Å². The first-order valence-corrected chi connectivity index (χ1v) is 8.22. The molecule has 1 amide bonds. The summed E-state index contributed by atoms with van der Waals surface area (Å²) < 4.78 is 6.89. The van der Waals surface area contributed by atoms with Gasteiger partial charge in [0.05, 0.1) is 18.0 Å². The van der Waals surface area contributed by atoms with Gasteiger partial charge in [-0.1, -0.05) is 19.4 Å². The first-order valence-electron chi connectivity index (χ1n) is 7.34. The van der Waals surface area contributed by atoms with Crippen LogP contribution in [0.5, 0.6) is 0 Å². The molecule has 0 fully saturated rings. The first kappa shape index (κ1) is 16.7. The highest BCUT2D eigenvalue weighted by atomic mass is 32.1. The molecule has 0 saturated heterocycles. The number of unbranched alkanes of at least 4 members (excludes halogenated alkanes) is 1. The molecule has 2 rings (SSSR count). The number of nitrogens with zero attached hydrogens (tertiary/aromatic N) is 2. The van der Waals surface area contributed by atoms with E-state index in [9.17, 15) is 4.79 Å². The highest BCUT2D eigenvalue weighted by Gasteiger charge is 2.12. The van der Waals surface area contributed by atoms with E-state index in [2.05, 4.69) is 17.3 Å². The van der Waals surface area contributed by atoms with Crippen LogP contribution >= 0.6 is 11.3 Å². The van der Waals surface area contributed by atoms with Crippen LogP contribution < -0.4 is 5.32 Å². The fourth-order valence-corrected chi connectivity index (χ4v) is 2.60. The van der Waals surface area contributed by atoms with Crippen LogP contribution in [0.2, 0.25) is 0 Å². The maximum atomic E-state index is 11.9. The summed E-state index contributed by atoms with van der Waals surface area (Å²) >= 11 is 1.58. The number of aromatic nitrogens is 2. The molecule has 0 radical (unpaired) electrons. The summed E-state index contributed by atoms with van der Waals surface area (Å²) in [5.41, 5.74) is 0.783. The SMILES string of the molecule is CCCCOCC(=O)Nc1cc(-c2cccs2)nn1CCO. The van der Waals surface area contributed by atoms with Gasteiger partial charge in [-0.2, -0.15) is 5.10 Å². The lowest BCUT2D eigenvalue weighted by atomic mass is 10.3. The normalized spacial score (nSPS) is 10.8. The van der Waals surface area contributed by atoms with Gasteiger partial charge < -0.3 is 15.2 Å². The lowest BCUT2D eigenvalue weighted by Gasteiger charge is -2.07. The molecule has 0 aliphatic carbocycles. The van der Waals surface area contributed by atoms with Gasteiger partial charge >= 0.3 is 0 Å². The molecule has 0 unspecified atom stereocenters. The standard InChI is InChI=1S/C15H21N3O3S/c1-2-3-8-21-11-15(20)16-14-10-12(13-5-4-9-22-13)17-18(14)6-7-19/h4-5,9-10,19H,2-3,6-8,11H2,1H3,(H,16,20). The third kappa shape index (κ3) is 4.66. The van der Waals surface area contributed by atoms with Crippen LogP contribution in [0.25, 0.3) is 10.6 Å². The van der Waals surface area contributed by atoms with Crippen molar-refractivity contribution in [3.05, 3.63) is 23.6 Å². The summed E-state index contributed by atoms with van der Waals surface area (Å²) in [4.78, 5) is 12.9. The first-order chi connectivity index (χ1) is 10.7. The molecular weight excluding hydrogens is 302 g/mol. The molecule has 0 aromatic carbocycles. The van der Waals surface area contributed by atoms with E-state index in [1.165, 1.54) is 0 Å². The van der Waals surface area contributed by atoms with Gasteiger partial charge in [0.25, 0.3) is 5.91 Å². The number of carbonyl (C=O) groups is 1. The van der Waals surface area contributed by atoms with E-state index in [0.717, 1.165) is 23.4 Å². The highest BCUT2D eigenvalue weighted by molar-refractivity contribution is 7.13. The molecule has 0 saturated carbocycles. The molecule has 2 N–H and O–H groups in total. The van der Waals surface area contributed by atoms with Crippen molar-refractivity contribution in [3.63, 3.8) is 0 Å². The predicted octanol–water partition coefficient (Wildman–Crippen LogP) is 2.36. The van der Waals surface area contributed by atoms with Crippen LogP contribution in [0.3, 0.4) is 0 Å². The number of carbonyl (C=O) groups excluding carboxylic acids is 1. The molecule has 22 heavy (non-hydrogen) atoms. The number of aliphatic hydroxyl groups is 1. The van der Waals surface area contributed by atoms with Gasteiger partial charge in [0, 0.05) is 12.7 Å². The summed E-state index contributed by atoms with van der Waals surface area (Å²) in [5.74, 6) is 0.356. The van der Waals surface area contributed by atoms with Crippen LogP contribution in [0.4, 0.5) is 5.82 Å². The second-order valence-corrected chi connectivity index (χ2v) is 5.74. The van der Waals surface area contributed by atoms with E-state index in [0.29, 0.717) is 19.0 Å². The summed E-state index contributed by atoms with van der Waals surface area (Å²) in [6, 6.07) is 5.73. The van der Waals surface area contributed by atoms with Crippen LogP contribution in [0, 0.1) is 0 Å². The fourth-order valence-electron chi connectivity index (χ4n) is 1.92. The van der Waals surface area contributed by atoms with E-state index in [1.807, 2.05) is 23.6 Å². The number of thiophene rings is 1. The zero-order chi connectivity index (χ0) is 15.8.